The van der Waals surface area contributed by atoms with Gasteiger partial charge in [-0.05, 0) is 6.07 Å². The van der Waals surface area contributed by atoms with E-state index in [0.717, 1.165) is 5.69 Å². The average molecular weight is 300 g/mol. The molecule has 0 fully saturated rings. The second-order valence-electron chi connectivity index (χ2n) is 5.07. The molecular weight excluding hydrogens is 284 g/mol. The molecule has 114 valence electrons. The first-order valence-corrected chi connectivity index (χ1v) is 6.97. The molecule has 0 bridgehead atoms. The van der Waals surface area contributed by atoms with E-state index in [1.54, 1.807) is 18.1 Å². The predicted octanol–water partition coefficient (Wildman–Crippen LogP) is 0.00630. The Morgan fingerprint density at radius 3 is 2.95 bits per heavy atom. The van der Waals surface area contributed by atoms with Gasteiger partial charge in [0.1, 0.15) is 5.69 Å². The first kappa shape index (κ1) is 14.2. The fourth-order valence-corrected chi connectivity index (χ4v) is 2.58. The molecule has 0 aliphatic carbocycles. The van der Waals surface area contributed by atoms with E-state index in [1.165, 1.54) is 18.6 Å². The van der Waals surface area contributed by atoms with Crippen molar-refractivity contribution in [1.29, 1.82) is 0 Å². The Morgan fingerprint density at radius 1 is 1.36 bits per heavy atom. The van der Waals surface area contributed by atoms with Crippen LogP contribution in [0.5, 0.6) is 0 Å². The van der Waals surface area contributed by atoms with Crippen LogP contribution in [0.3, 0.4) is 0 Å². The van der Waals surface area contributed by atoms with E-state index in [9.17, 15) is 9.59 Å². The molecule has 3 heterocycles. The Hall–Kier alpha value is -2.77. The van der Waals surface area contributed by atoms with Crippen molar-refractivity contribution in [2.24, 2.45) is 0 Å². The average Bonchev–Trinajstić information content (AvgIpc) is 3.03. The van der Waals surface area contributed by atoms with Crippen LogP contribution >= 0.6 is 0 Å². The van der Waals surface area contributed by atoms with E-state index >= 15 is 0 Å². The smallest absolute Gasteiger partial charge is 0.274 e. The molecule has 0 saturated carbocycles. The van der Waals surface area contributed by atoms with Gasteiger partial charge in [0.25, 0.3) is 5.91 Å². The molecule has 3 rings (SSSR count). The molecule has 8 heteroatoms. The zero-order valence-electron chi connectivity index (χ0n) is 12.1. The molecule has 2 aromatic heterocycles. The van der Waals surface area contributed by atoms with Crippen LogP contribution in [0.15, 0.2) is 30.9 Å². The fraction of sp³-hybridized carbons (Fsp3) is 0.357. The lowest BCUT2D eigenvalue weighted by atomic mass is 10.1. The molecule has 1 aliphatic heterocycles. The monoisotopic (exact) mass is 300 g/mol. The number of amides is 2. The summed E-state index contributed by atoms with van der Waals surface area (Å²) in [6.07, 6.45) is 6.42. The van der Waals surface area contributed by atoms with Crippen LogP contribution in [0, 0.1) is 0 Å². The van der Waals surface area contributed by atoms with Gasteiger partial charge >= 0.3 is 0 Å². The van der Waals surface area contributed by atoms with Gasteiger partial charge in [-0.2, -0.15) is 5.10 Å². The van der Waals surface area contributed by atoms with Crippen molar-refractivity contribution in [1.82, 2.24) is 30.0 Å². The third-order valence-corrected chi connectivity index (χ3v) is 3.65. The van der Waals surface area contributed by atoms with E-state index in [2.05, 4.69) is 20.4 Å². The topological polar surface area (TPSA) is 93.0 Å². The summed E-state index contributed by atoms with van der Waals surface area (Å²) < 4.78 is 1.82. The second-order valence-corrected chi connectivity index (χ2v) is 5.07. The van der Waals surface area contributed by atoms with Gasteiger partial charge in [0.05, 0.1) is 30.9 Å². The predicted molar refractivity (Wildman–Crippen MR) is 76.7 cm³/mol. The Balaban J connectivity index is 1.84. The number of carbonyl (C=O) groups excluding carboxylic acids is 2. The maximum Gasteiger partial charge on any atom is 0.274 e. The summed E-state index contributed by atoms with van der Waals surface area (Å²) in [6.45, 7) is 0.858. The van der Waals surface area contributed by atoms with Gasteiger partial charge in [-0.15, -0.1) is 0 Å². The minimum absolute atomic E-state index is 0.0831. The molecule has 2 amide bonds. The maximum atomic E-state index is 12.5. The molecular formula is C14H16N6O2. The van der Waals surface area contributed by atoms with Crippen LogP contribution in [0.4, 0.5) is 0 Å². The maximum absolute atomic E-state index is 12.5. The molecule has 0 spiro atoms. The van der Waals surface area contributed by atoms with Crippen molar-refractivity contribution in [2.75, 3.05) is 13.6 Å². The summed E-state index contributed by atoms with van der Waals surface area (Å²) in [6, 6.07) is 1.67. The van der Waals surface area contributed by atoms with E-state index < -0.39 is 0 Å². The summed E-state index contributed by atoms with van der Waals surface area (Å²) in [4.78, 5) is 33.8. The van der Waals surface area contributed by atoms with E-state index in [0.29, 0.717) is 18.8 Å². The molecule has 0 aromatic carbocycles. The molecule has 1 aliphatic rings. The van der Waals surface area contributed by atoms with Gasteiger partial charge in [0.2, 0.25) is 5.91 Å². The van der Waals surface area contributed by atoms with Crippen LogP contribution in [0.25, 0.3) is 0 Å². The summed E-state index contributed by atoms with van der Waals surface area (Å²) in [5.74, 6) is -0.275. The second kappa shape index (κ2) is 5.92. The van der Waals surface area contributed by atoms with Crippen LogP contribution in [-0.2, 0) is 11.3 Å². The lowest BCUT2D eigenvalue weighted by molar-refractivity contribution is -0.121. The highest BCUT2D eigenvalue weighted by atomic mass is 16.2. The standard InChI is InChI=1S/C14H16N6O2/c1-15-13(21)6-11-9-19(8-10-2-3-18-20(10)11)14(22)12-7-16-4-5-17-12/h2-5,7,11H,6,8-9H2,1H3,(H,15,21)/t11-/m0/s1. The summed E-state index contributed by atoms with van der Waals surface area (Å²) in [5.41, 5.74) is 1.20. The van der Waals surface area contributed by atoms with Crippen LogP contribution < -0.4 is 5.32 Å². The van der Waals surface area contributed by atoms with Crippen molar-refractivity contribution >= 4 is 11.8 Å². The number of nitrogens with one attached hydrogen (secondary N) is 1. The third kappa shape index (κ3) is 2.67. The number of fused-ring (bicyclic) bond motifs is 1. The normalized spacial score (nSPS) is 17.0. The zero-order valence-corrected chi connectivity index (χ0v) is 12.1. The van der Waals surface area contributed by atoms with E-state index in [-0.39, 0.29) is 24.3 Å². The van der Waals surface area contributed by atoms with Gasteiger partial charge in [-0.3, -0.25) is 19.3 Å². The van der Waals surface area contributed by atoms with Crippen molar-refractivity contribution in [3.05, 3.63) is 42.2 Å². The van der Waals surface area contributed by atoms with Gasteiger partial charge < -0.3 is 10.2 Å². The largest absolute Gasteiger partial charge is 0.359 e. The van der Waals surface area contributed by atoms with Crippen molar-refractivity contribution in [3.63, 3.8) is 0 Å². The van der Waals surface area contributed by atoms with Gasteiger partial charge in [0, 0.05) is 32.2 Å². The zero-order chi connectivity index (χ0) is 15.5. The van der Waals surface area contributed by atoms with E-state index in [1.807, 2.05) is 10.7 Å². The Labute approximate surface area is 127 Å². The summed E-state index contributed by atoms with van der Waals surface area (Å²) in [5, 5.41) is 6.87. The number of nitrogens with zero attached hydrogens (tertiary/aromatic N) is 5. The fourth-order valence-electron chi connectivity index (χ4n) is 2.58. The number of hydrogen-bond acceptors (Lipinski definition) is 5. The first-order chi connectivity index (χ1) is 10.7. The lowest BCUT2D eigenvalue weighted by Crippen LogP contribution is -2.43. The molecule has 0 radical (unpaired) electrons. The van der Waals surface area contributed by atoms with Gasteiger partial charge in [-0.25, -0.2) is 4.98 Å². The first-order valence-electron chi connectivity index (χ1n) is 6.97. The lowest BCUT2D eigenvalue weighted by Gasteiger charge is -2.33. The van der Waals surface area contributed by atoms with Crippen LogP contribution in [-0.4, -0.2) is 50.1 Å². The molecule has 2 aromatic rings. The highest BCUT2D eigenvalue weighted by Crippen LogP contribution is 2.23. The van der Waals surface area contributed by atoms with E-state index in [4.69, 9.17) is 0 Å². The molecule has 1 atom stereocenters. The molecule has 1 N–H and O–H groups in total. The highest BCUT2D eigenvalue weighted by molar-refractivity contribution is 5.92. The minimum atomic E-state index is -0.192. The van der Waals surface area contributed by atoms with Crippen molar-refractivity contribution < 1.29 is 9.59 Å². The SMILES string of the molecule is CNC(=O)C[C@H]1CN(C(=O)c2cnccn2)Cc2ccnn21. The number of rotatable bonds is 3. The highest BCUT2D eigenvalue weighted by Gasteiger charge is 2.30. The van der Waals surface area contributed by atoms with Gasteiger partial charge in [-0.1, -0.05) is 0 Å². The van der Waals surface area contributed by atoms with Crippen molar-refractivity contribution in [2.45, 2.75) is 19.0 Å². The Kier molecular flexibility index (Phi) is 3.82. The molecule has 22 heavy (non-hydrogen) atoms. The number of carbonyl (C=O) groups is 2. The van der Waals surface area contributed by atoms with Crippen molar-refractivity contribution in [3.8, 4) is 0 Å². The number of hydrogen-bond donors (Lipinski definition) is 1. The quantitative estimate of drug-likeness (QED) is 0.861. The number of aromatic nitrogens is 4. The summed E-state index contributed by atoms with van der Waals surface area (Å²) in [7, 11) is 1.59. The third-order valence-electron chi connectivity index (χ3n) is 3.65. The van der Waals surface area contributed by atoms with Crippen LogP contribution in [0.2, 0.25) is 0 Å². The minimum Gasteiger partial charge on any atom is -0.359 e. The van der Waals surface area contributed by atoms with Gasteiger partial charge in [0.15, 0.2) is 0 Å². The Bertz CT molecular complexity index is 684. The summed E-state index contributed by atoms with van der Waals surface area (Å²) >= 11 is 0. The Morgan fingerprint density at radius 2 is 2.23 bits per heavy atom. The molecule has 0 unspecified atom stereocenters. The molecule has 8 nitrogen and oxygen atoms in total. The van der Waals surface area contributed by atoms with Crippen LogP contribution in [0.1, 0.15) is 28.6 Å². The molecule has 0 saturated heterocycles.